The van der Waals surface area contributed by atoms with Gasteiger partial charge in [0.15, 0.2) is 0 Å². The minimum Gasteiger partial charge on any atom is -0.387 e. The summed E-state index contributed by atoms with van der Waals surface area (Å²) in [5, 5.41) is 14.2. The molecule has 2 rings (SSSR count). The van der Waals surface area contributed by atoms with Gasteiger partial charge in [0.1, 0.15) is 0 Å². The van der Waals surface area contributed by atoms with E-state index < -0.39 is 6.10 Å². The summed E-state index contributed by atoms with van der Waals surface area (Å²) in [4.78, 5) is 0. The number of aliphatic hydroxyl groups is 1. The molecular weight excluding hydrogens is 282 g/mol. The van der Waals surface area contributed by atoms with Crippen LogP contribution < -0.4 is 5.32 Å². The highest BCUT2D eigenvalue weighted by atomic mass is 35.5. The van der Waals surface area contributed by atoms with Gasteiger partial charge in [0.25, 0.3) is 0 Å². The van der Waals surface area contributed by atoms with Crippen LogP contribution in [0.25, 0.3) is 0 Å². The van der Waals surface area contributed by atoms with Gasteiger partial charge in [-0.1, -0.05) is 48.0 Å². The van der Waals surface area contributed by atoms with Gasteiger partial charge in [0, 0.05) is 17.6 Å². The normalized spacial score (nSPS) is 13.9. The lowest BCUT2D eigenvalue weighted by molar-refractivity contribution is 0.170. The molecule has 0 amide bonds. The highest BCUT2D eigenvalue weighted by Crippen LogP contribution is 2.17. The fourth-order valence-corrected chi connectivity index (χ4v) is 2.58. The molecule has 0 aromatic heterocycles. The Hall–Kier alpha value is -1.35. The zero-order valence-corrected chi connectivity index (χ0v) is 13.3. The second kappa shape index (κ2) is 7.60. The fourth-order valence-electron chi connectivity index (χ4n) is 2.39. The summed E-state index contributed by atoms with van der Waals surface area (Å²) in [7, 11) is 0. The first kappa shape index (κ1) is 16.0. The zero-order chi connectivity index (χ0) is 15.2. The van der Waals surface area contributed by atoms with Crippen molar-refractivity contribution in [1.29, 1.82) is 0 Å². The number of hydrogen-bond acceptors (Lipinski definition) is 2. The van der Waals surface area contributed by atoms with Crippen LogP contribution in [0.4, 0.5) is 0 Å². The molecule has 0 saturated heterocycles. The third-order valence-corrected chi connectivity index (χ3v) is 3.92. The predicted octanol–water partition coefficient (Wildman–Crippen LogP) is 3.90. The van der Waals surface area contributed by atoms with E-state index in [-0.39, 0.29) is 0 Å². The van der Waals surface area contributed by atoms with Crippen molar-refractivity contribution < 1.29 is 5.11 Å². The molecule has 3 heteroatoms. The number of nitrogens with one attached hydrogen (secondary N) is 1. The summed E-state index contributed by atoms with van der Waals surface area (Å²) in [6.45, 7) is 4.79. The third kappa shape index (κ3) is 4.85. The number of halogens is 1. The predicted molar refractivity (Wildman–Crippen MR) is 88.8 cm³/mol. The summed E-state index contributed by atoms with van der Waals surface area (Å²) < 4.78 is 0. The molecule has 112 valence electrons. The van der Waals surface area contributed by atoms with Gasteiger partial charge in [-0.05, 0) is 49.1 Å². The highest BCUT2D eigenvalue weighted by molar-refractivity contribution is 6.30. The lowest BCUT2D eigenvalue weighted by Gasteiger charge is -2.18. The smallest absolute Gasteiger partial charge is 0.0914 e. The molecule has 2 nitrogen and oxygen atoms in total. The van der Waals surface area contributed by atoms with Crippen LogP contribution >= 0.6 is 11.6 Å². The first-order valence-electron chi connectivity index (χ1n) is 7.27. The van der Waals surface area contributed by atoms with Crippen LogP contribution in [0, 0.1) is 6.92 Å². The van der Waals surface area contributed by atoms with Crippen molar-refractivity contribution in [1.82, 2.24) is 5.32 Å². The summed E-state index contributed by atoms with van der Waals surface area (Å²) in [6.07, 6.45) is 0.414. The third-order valence-electron chi connectivity index (χ3n) is 3.68. The summed E-state index contributed by atoms with van der Waals surface area (Å²) in [6, 6.07) is 16.1. The lowest BCUT2D eigenvalue weighted by Crippen LogP contribution is -2.32. The monoisotopic (exact) mass is 303 g/mol. The van der Waals surface area contributed by atoms with E-state index in [2.05, 4.69) is 43.4 Å². The van der Waals surface area contributed by atoms with E-state index in [4.69, 9.17) is 11.6 Å². The van der Waals surface area contributed by atoms with Crippen LogP contribution in [0.1, 0.15) is 29.7 Å². The van der Waals surface area contributed by atoms with Crippen molar-refractivity contribution in [3.8, 4) is 0 Å². The van der Waals surface area contributed by atoms with Crippen molar-refractivity contribution in [2.45, 2.75) is 32.4 Å². The second-order valence-corrected chi connectivity index (χ2v) is 5.95. The molecule has 0 aliphatic rings. The van der Waals surface area contributed by atoms with Gasteiger partial charge in [-0.15, -0.1) is 0 Å². The first-order chi connectivity index (χ1) is 10.1. The molecule has 0 spiro atoms. The molecule has 2 aromatic carbocycles. The van der Waals surface area contributed by atoms with E-state index in [1.807, 2.05) is 18.2 Å². The molecule has 21 heavy (non-hydrogen) atoms. The average molecular weight is 304 g/mol. The van der Waals surface area contributed by atoms with Gasteiger partial charge in [-0.2, -0.15) is 0 Å². The Morgan fingerprint density at radius 1 is 1.14 bits per heavy atom. The van der Waals surface area contributed by atoms with E-state index in [1.54, 1.807) is 6.07 Å². The van der Waals surface area contributed by atoms with Crippen LogP contribution in [0.15, 0.2) is 48.5 Å². The van der Waals surface area contributed by atoms with E-state index in [1.165, 1.54) is 11.1 Å². The van der Waals surface area contributed by atoms with Crippen molar-refractivity contribution in [3.05, 3.63) is 70.2 Å². The molecule has 0 saturated carbocycles. The van der Waals surface area contributed by atoms with Crippen LogP contribution in [0.3, 0.4) is 0 Å². The summed E-state index contributed by atoms with van der Waals surface area (Å²) in [5.41, 5.74) is 3.49. The molecule has 2 atom stereocenters. The number of aryl methyl sites for hydroxylation is 1. The van der Waals surface area contributed by atoms with Crippen LogP contribution in [-0.2, 0) is 6.42 Å². The molecule has 0 fully saturated rings. The number of benzene rings is 2. The molecule has 0 radical (unpaired) electrons. The Labute approximate surface area is 131 Å². The van der Waals surface area contributed by atoms with E-state index in [0.29, 0.717) is 17.6 Å². The SMILES string of the molecule is Cc1ccccc1CC(C)NCC(O)c1cccc(Cl)c1. The maximum absolute atomic E-state index is 10.2. The number of rotatable bonds is 6. The molecule has 0 heterocycles. The first-order valence-corrected chi connectivity index (χ1v) is 7.65. The largest absolute Gasteiger partial charge is 0.387 e. The summed E-state index contributed by atoms with van der Waals surface area (Å²) >= 11 is 5.94. The Balaban J connectivity index is 1.86. The topological polar surface area (TPSA) is 32.3 Å². The second-order valence-electron chi connectivity index (χ2n) is 5.51. The van der Waals surface area contributed by atoms with E-state index in [9.17, 15) is 5.11 Å². The van der Waals surface area contributed by atoms with Crippen molar-refractivity contribution in [3.63, 3.8) is 0 Å². The Morgan fingerprint density at radius 2 is 1.90 bits per heavy atom. The van der Waals surface area contributed by atoms with Crippen LogP contribution in [0.5, 0.6) is 0 Å². The minimum absolute atomic E-state index is 0.305. The number of aliphatic hydroxyl groups excluding tert-OH is 1. The van der Waals surface area contributed by atoms with Gasteiger partial charge in [0.2, 0.25) is 0 Å². The fraction of sp³-hybridized carbons (Fsp3) is 0.333. The van der Waals surface area contributed by atoms with Crippen molar-refractivity contribution in [2.24, 2.45) is 0 Å². The van der Waals surface area contributed by atoms with E-state index >= 15 is 0 Å². The molecule has 0 aliphatic heterocycles. The lowest BCUT2D eigenvalue weighted by atomic mass is 10.0. The molecule has 2 aromatic rings. The highest BCUT2D eigenvalue weighted by Gasteiger charge is 2.10. The summed E-state index contributed by atoms with van der Waals surface area (Å²) in [5.74, 6) is 0. The maximum atomic E-state index is 10.2. The van der Waals surface area contributed by atoms with Crippen LogP contribution in [-0.4, -0.2) is 17.7 Å². The average Bonchev–Trinajstić information content (AvgIpc) is 2.47. The molecule has 0 aliphatic carbocycles. The van der Waals surface area contributed by atoms with Gasteiger partial charge in [0.05, 0.1) is 6.10 Å². The zero-order valence-electron chi connectivity index (χ0n) is 12.5. The van der Waals surface area contributed by atoms with Crippen molar-refractivity contribution >= 4 is 11.6 Å². The van der Waals surface area contributed by atoms with E-state index in [0.717, 1.165) is 12.0 Å². The molecule has 2 N–H and O–H groups in total. The quantitative estimate of drug-likeness (QED) is 0.848. The maximum Gasteiger partial charge on any atom is 0.0914 e. The van der Waals surface area contributed by atoms with Gasteiger partial charge in [-0.3, -0.25) is 0 Å². The molecular formula is C18H22ClNO. The van der Waals surface area contributed by atoms with Crippen molar-refractivity contribution in [2.75, 3.05) is 6.54 Å². The van der Waals surface area contributed by atoms with Crippen LogP contribution in [0.2, 0.25) is 5.02 Å². The van der Waals surface area contributed by atoms with Gasteiger partial charge >= 0.3 is 0 Å². The van der Waals surface area contributed by atoms with Gasteiger partial charge in [-0.25, -0.2) is 0 Å². The molecule has 0 bridgehead atoms. The Kier molecular flexibility index (Phi) is 5.80. The minimum atomic E-state index is -0.539. The molecule has 2 unspecified atom stereocenters. The van der Waals surface area contributed by atoms with Gasteiger partial charge < -0.3 is 10.4 Å². The Morgan fingerprint density at radius 3 is 2.62 bits per heavy atom. The standard InChI is InChI=1S/C18H22ClNO/c1-13-6-3-4-7-15(13)10-14(2)20-12-18(21)16-8-5-9-17(19)11-16/h3-9,11,14,18,20-21H,10,12H2,1-2H3. The number of hydrogen-bond donors (Lipinski definition) is 2. The Bertz CT molecular complexity index is 585.